The van der Waals surface area contributed by atoms with E-state index in [0.717, 1.165) is 11.3 Å². The highest BCUT2D eigenvalue weighted by atomic mass is 32.1. The molecule has 0 spiro atoms. The molecule has 0 amide bonds. The molecule has 0 unspecified atom stereocenters. The molecule has 0 saturated heterocycles. The van der Waals surface area contributed by atoms with Gasteiger partial charge in [-0.15, -0.1) is 11.3 Å². The number of rotatable bonds is 2. The molecule has 3 aromatic heterocycles. The van der Waals surface area contributed by atoms with Crippen molar-refractivity contribution in [3.8, 4) is 11.3 Å². The molecule has 0 aromatic carbocycles. The van der Waals surface area contributed by atoms with Gasteiger partial charge in [0.1, 0.15) is 5.69 Å². The number of aryl methyl sites for hydroxylation is 1. The minimum Gasteiger partial charge on any atom is -0.477 e. The summed E-state index contributed by atoms with van der Waals surface area (Å²) in [6.07, 6.45) is 5.64. The van der Waals surface area contributed by atoms with Gasteiger partial charge in [-0.2, -0.15) is 0 Å². The lowest BCUT2D eigenvalue weighted by Crippen LogP contribution is -1.99. The molecule has 0 aliphatic carbocycles. The molecule has 0 saturated carbocycles. The van der Waals surface area contributed by atoms with Crippen molar-refractivity contribution in [1.29, 1.82) is 0 Å². The second-order valence-corrected chi connectivity index (χ2v) is 4.61. The van der Waals surface area contributed by atoms with Crippen molar-refractivity contribution in [2.75, 3.05) is 0 Å². The zero-order chi connectivity index (χ0) is 12.0. The number of nitrogens with zero attached hydrogens (tertiary/aromatic N) is 3. The topological polar surface area (TPSA) is 59.5 Å². The van der Waals surface area contributed by atoms with Crippen LogP contribution in [-0.4, -0.2) is 25.0 Å². The Balaban J connectivity index is 2.17. The molecule has 3 heterocycles. The van der Waals surface area contributed by atoms with E-state index in [-0.39, 0.29) is 5.69 Å². The Bertz CT molecular complexity index is 707. The van der Waals surface area contributed by atoms with Crippen LogP contribution in [0.4, 0.5) is 0 Å². The Morgan fingerprint density at radius 1 is 1.47 bits per heavy atom. The van der Waals surface area contributed by atoms with Crippen LogP contribution in [0.1, 0.15) is 10.5 Å². The van der Waals surface area contributed by atoms with Gasteiger partial charge >= 0.3 is 5.97 Å². The van der Waals surface area contributed by atoms with Gasteiger partial charge in [-0.05, 0) is 6.07 Å². The van der Waals surface area contributed by atoms with Crippen LogP contribution in [0.25, 0.3) is 16.2 Å². The third-order valence-electron chi connectivity index (χ3n) is 2.56. The van der Waals surface area contributed by atoms with Gasteiger partial charge in [-0.3, -0.25) is 4.40 Å². The number of carbonyl (C=O) groups is 1. The van der Waals surface area contributed by atoms with Gasteiger partial charge in [-0.25, -0.2) is 9.78 Å². The summed E-state index contributed by atoms with van der Waals surface area (Å²) in [5, 5.41) is 10.6. The number of hydrogen-bond acceptors (Lipinski definition) is 3. The van der Waals surface area contributed by atoms with Crippen LogP contribution in [0.3, 0.4) is 0 Å². The number of hydrogen-bond donors (Lipinski definition) is 1. The van der Waals surface area contributed by atoms with Gasteiger partial charge in [0.05, 0.1) is 5.69 Å². The monoisotopic (exact) mass is 247 g/mol. The molecule has 0 fully saturated rings. The highest BCUT2D eigenvalue weighted by Crippen LogP contribution is 2.23. The molecule has 0 aliphatic rings. The third kappa shape index (κ3) is 1.53. The summed E-state index contributed by atoms with van der Waals surface area (Å²) < 4.78 is 3.54. The largest absolute Gasteiger partial charge is 0.477 e. The van der Waals surface area contributed by atoms with E-state index in [4.69, 9.17) is 5.11 Å². The highest BCUT2D eigenvalue weighted by molar-refractivity contribution is 7.15. The summed E-state index contributed by atoms with van der Waals surface area (Å²) in [5.41, 5.74) is 2.03. The number of carboxylic acid groups (broad SMARTS) is 1. The molecule has 0 atom stereocenters. The molecule has 3 aromatic rings. The molecule has 0 radical (unpaired) electrons. The average molecular weight is 247 g/mol. The number of imidazole rings is 1. The maximum atomic E-state index is 11.0. The fourth-order valence-electron chi connectivity index (χ4n) is 1.73. The van der Waals surface area contributed by atoms with Gasteiger partial charge in [0.15, 0.2) is 4.96 Å². The highest BCUT2D eigenvalue weighted by Gasteiger charge is 2.14. The van der Waals surface area contributed by atoms with Crippen LogP contribution in [0, 0.1) is 0 Å². The maximum absolute atomic E-state index is 11.0. The van der Waals surface area contributed by atoms with Crippen molar-refractivity contribution in [2.45, 2.75) is 0 Å². The van der Waals surface area contributed by atoms with Crippen LogP contribution < -0.4 is 0 Å². The van der Waals surface area contributed by atoms with Crippen LogP contribution in [0.5, 0.6) is 0 Å². The number of carboxylic acids is 1. The van der Waals surface area contributed by atoms with Crippen molar-refractivity contribution in [1.82, 2.24) is 14.0 Å². The lowest BCUT2D eigenvalue weighted by Gasteiger charge is -1.90. The Morgan fingerprint density at radius 3 is 2.94 bits per heavy atom. The molecular weight excluding hydrogens is 238 g/mol. The van der Waals surface area contributed by atoms with Gasteiger partial charge in [0.2, 0.25) is 0 Å². The van der Waals surface area contributed by atoms with E-state index in [1.807, 2.05) is 30.1 Å². The Hall–Kier alpha value is -2.08. The number of fused-ring (bicyclic) bond motifs is 1. The van der Waals surface area contributed by atoms with Crippen molar-refractivity contribution >= 4 is 22.3 Å². The molecule has 0 bridgehead atoms. The molecule has 17 heavy (non-hydrogen) atoms. The van der Waals surface area contributed by atoms with E-state index in [2.05, 4.69) is 4.98 Å². The first kappa shape index (κ1) is 10.1. The number of aromatic nitrogens is 3. The lowest BCUT2D eigenvalue weighted by atomic mass is 10.3. The van der Waals surface area contributed by atoms with Crippen molar-refractivity contribution in [3.05, 3.63) is 35.7 Å². The van der Waals surface area contributed by atoms with E-state index >= 15 is 0 Å². The second kappa shape index (κ2) is 3.46. The Kier molecular flexibility index (Phi) is 2.05. The number of thiazole rings is 1. The van der Waals surface area contributed by atoms with E-state index in [1.54, 1.807) is 16.0 Å². The average Bonchev–Trinajstić information content (AvgIpc) is 2.89. The summed E-state index contributed by atoms with van der Waals surface area (Å²) in [5.74, 6) is -0.937. The lowest BCUT2D eigenvalue weighted by molar-refractivity contribution is 0.0689. The fraction of sp³-hybridized carbons (Fsp3) is 0.0909. The summed E-state index contributed by atoms with van der Waals surface area (Å²) >= 11 is 1.33. The van der Waals surface area contributed by atoms with Gasteiger partial charge < -0.3 is 9.67 Å². The second-order valence-electron chi connectivity index (χ2n) is 3.77. The van der Waals surface area contributed by atoms with Crippen LogP contribution in [0.15, 0.2) is 30.0 Å². The standard InChI is InChI=1S/C11H9N3O2S/c1-13-3-2-7(4-13)8-5-14-9(10(15)16)6-17-11(14)12-8/h2-6H,1H3,(H,15,16). The van der Waals surface area contributed by atoms with Gasteiger partial charge in [0.25, 0.3) is 0 Å². The predicted molar refractivity (Wildman–Crippen MR) is 64.4 cm³/mol. The van der Waals surface area contributed by atoms with E-state index in [9.17, 15) is 4.79 Å². The molecule has 5 nitrogen and oxygen atoms in total. The first-order valence-corrected chi connectivity index (χ1v) is 5.85. The smallest absolute Gasteiger partial charge is 0.353 e. The van der Waals surface area contributed by atoms with Crippen molar-refractivity contribution in [3.63, 3.8) is 0 Å². The van der Waals surface area contributed by atoms with Gasteiger partial charge in [0, 0.05) is 36.6 Å². The van der Waals surface area contributed by atoms with E-state index in [0.29, 0.717) is 4.96 Å². The summed E-state index contributed by atoms with van der Waals surface area (Å²) in [7, 11) is 1.94. The third-order valence-corrected chi connectivity index (χ3v) is 3.40. The SMILES string of the molecule is Cn1ccc(-c2cn3c(C(=O)O)csc3n2)c1. The maximum Gasteiger partial charge on any atom is 0.353 e. The summed E-state index contributed by atoms with van der Waals surface area (Å²) in [6.45, 7) is 0. The van der Waals surface area contributed by atoms with Crippen LogP contribution in [-0.2, 0) is 7.05 Å². The molecule has 1 N–H and O–H groups in total. The molecule has 0 aliphatic heterocycles. The first-order valence-electron chi connectivity index (χ1n) is 4.97. The summed E-state index contributed by atoms with van der Waals surface area (Å²) in [4.78, 5) is 16.1. The summed E-state index contributed by atoms with van der Waals surface area (Å²) in [6, 6.07) is 1.95. The van der Waals surface area contributed by atoms with Crippen LogP contribution >= 0.6 is 11.3 Å². The minimum absolute atomic E-state index is 0.250. The number of aromatic carboxylic acids is 1. The Labute approximate surface area is 101 Å². The van der Waals surface area contributed by atoms with Crippen molar-refractivity contribution in [2.24, 2.45) is 7.05 Å². The minimum atomic E-state index is -0.937. The quantitative estimate of drug-likeness (QED) is 0.754. The first-order chi connectivity index (χ1) is 8.15. The van der Waals surface area contributed by atoms with Gasteiger partial charge in [-0.1, -0.05) is 0 Å². The van der Waals surface area contributed by atoms with E-state index in [1.165, 1.54) is 11.3 Å². The van der Waals surface area contributed by atoms with E-state index < -0.39 is 5.97 Å². The molecule has 86 valence electrons. The normalized spacial score (nSPS) is 11.1. The molecule has 3 rings (SSSR count). The Morgan fingerprint density at radius 2 is 2.29 bits per heavy atom. The predicted octanol–water partition coefficient (Wildman–Crippen LogP) is 2.10. The zero-order valence-corrected chi connectivity index (χ0v) is 9.81. The fourth-order valence-corrected chi connectivity index (χ4v) is 2.58. The zero-order valence-electron chi connectivity index (χ0n) is 8.99. The van der Waals surface area contributed by atoms with Crippen molar-refractivity contribution < 1.29 is 9.90 Å². The molecular formula is C11H9N3O2S. The molecule has 6 heteroatoms. The van der Waals surface area contributed by atoms with Crippen LogP contribution in [0.2, 0.25) is 0 Å².